The maximum atomic E-state index is 13.1. The number of aryl methyl sites for hydroxylation is 2. The standard InChI is InChI=1S/C26H34F2N4O4.ClH/c27-23(28)17-32(15-5-4-10-21-12-11-20-9-6-14-29-24(20)30-21)16-13-22(25(33)34)31-26(35)36-18-19-7-2-1-3-8-19;/h1-3,7-8,11-12,22-23H,4-6,9-10,13-18H2,(H,29,30)(H,31,35)(H,33,34);1H. The molecule has 1 amide bonds. The number of hydrogen-bond acceptors (Lipinski definition) is 6. The molecule has 1 atom stereocenters. The minimum absolute atomic E-state index is 0. The van der Waals surface area contributed by atoms with Crippen molar-refractivity contribution in [3.8, 4) is 0 Å². The zero-order valence-electron chi connectivity index (χ0n) is 20.7. The van der Waals surface area contributed by atoms with Crippen LogP contribution in [0.5, 0.6) is 0 Å². The molecular formula is C26H35ClF2N4O4. The number of aliphatic carboxylic acids is 1. The SMILES string of the molecule is Cl.O=C(NC(CCN(CCCCc1ccc2c(n1)NCCC2)CC(F)F)C(=O)O)OCc1ccccc1. The summed E-state index contributed by atoms with van der Waals surface area (Å²) in [7, 11) is 0. The number of anilines is 1. The number of halogens is 3. The number of pyridine rings is 1. The molecule has 2 aromatic rings. The molecule has 1 aromatic carbocycles. The highest BCUT2D eigenvalue weighted by molar-refractivity contribution is 5.85. The van der Waals surface area contributed by atoms with Crippen molar-refractivity contribution in [2.24, 2.45) is 0 Å². The number of alkyl halides is 2. The summed E-state index contributed by atoms with van der Waals surface area (Å²) in [5.41, 5.74) is 2.95. The zero-order valence-corrected chi connectivity index (χ0v) is 21.5. The largest absolute Gasteiger partial charge is 0.480 e. The molecule has 1 unspecified atom stereocenters. The monoisotopic (exact) mass is 540 g/mol. The maximum Gasteiger partial charge on any atom is 0.408 e. The third kappa shape index (κ3) is 10.9. The number of fused-ring (bicyclic) bond motifs is 1. The summed E-state index contributed by atoms with van der Waals surface area (Å²) in [6, 6.07) is 11.9. The summed E-state index contributed by atoms with van der Waals surface area (Å²) in [4.78, 5) is 29.9. The second-order valence-electron chi connectivity index (χ2n) is 8.88. The van der Waals surface area contributed by atoms with Crippen molar-refractivity contribution in [3.63, 3.8) is 0 Å². The van der Waals surface area contributed by atoms with E-state index in [0.29, 0.717) is 13.0 Å². The third-order valence-electron chi connectivity index (χ3n) is 6.04. The molecule has 0 bridgehead atoms. The van der Waals surface area contributed by atoms with Crippen LogP contribution in [0.15, 0.2) is 42.5 Å². The number of nitrogens with zero attached hydrogens (tertiary/aromatic N) is 2. The number of benzene rings is 1. The molecule has 0 saturated carbocycles. The number of rotatable bonds is 14. The number of amides is 1. The Labute approximate surface area is 222 Å². The van der Waals surface area contributed by atoms with Gasteiger partial charge in [-0.15, -0.1) is 12.4 Å². The first-order valence-electron chi connectivity index (χ1n) is 12.3. The topological polar surface area (TPSA) is 104 Å². The van der Waals surface area contributed by atoms with Gasteiger partial charge in [-0.3, -0.25) is 4.90 Å². The Bertz CT molecular complexity index is 984. The van der Waals surface area contributed by atoms with Crippen LogP contribution in [0.4, 0.5) is 19.4 Å². The second kappa shape index (κ2) is 16.0. The normalized spacial score (nSPS) is 13.3. The van der Waals surface area contributed by atoms with Crippen molar-refractivity contribution in [2.45, 2.75) is 57.6 Å². The first kappa shape index (κ1) is 30.2. The van der Waals surface area contributed by atoms with Crippen LogP contribution >= 0.6 is 12.4 Å². The summed E-state index contributed by atoms with van der Waals surface area (Å²) >= 11 is 0. The summed E-state index contributed by atoms with van der Waals surface area (Å²) in [5.74, 6) is -0.302. The van der Waals surface area contributed by atoms with E-state index in [1.54, 1.807) is 29.2 Å². The molecular weight excluding hydrogens is 506 g/mol. The average Bonchev–Trinajstić information content (AvgIpc) is 2.87. The fourth-order valence-corrected chi connectivity index (χ4v) is 4.12. The molecule has 0 spiro atoms. The summed E-state index contributed by atoms with van der Waals surface area (Å²) < 4.78 is 31.3. The highest BCUT2D eigenvalue weighted by Gasteiger charge is 2.23. The van der Waals surface area contributed by atoms with Crippen molar-refractivity contribution in [3.05, 3.63) is 59.3 Å². The van der Waals surface area contributed by atoms with Crippen LogP contribution in [-0.2, 0) is 29.0 Å². The number of carbonyl (C=O) groups is 2. The number of carbonyl (C=O) groups excluding carboxylic acids is 1. The van der Waals surface area contributed by atoms with Gasteiger partial charge < -0.3 is 20.5 Å². The van der Waals surface area contributed by atoms with Crippen molar-refractivity contribution < 1.29 is 28.2 Å². The molecule has 1 aliphatic rings. The van der Waals surface area contributed by atoms with Gasteiger partial charge in [0.05, 0.1) is 6.54 Å². The molecule has 11 heteroatoms. The van der Waals surface area contributed by atoms with Gasteiger partial charge in [-0.1, -0.05) is 36.4 Å². The van der Waals surface area contributed by atoms with Gasteiger partial charge >= 0.3 is 12.1 Å². The number of carboxylic acid groups (broad SMARTS) is 1. The van der Waals surface area contributed by atoms with Gasteiger partial charge in [-0.05, 0) is 62.3 Å². The predicted molar refractivity (Wildman–Crippen MR) is 139 cm³/mol. The van der Waals surface area contributed by atoms with E-state index in [1.165, 1.54) is 5.56 Å². The average molecular weight is 541 g/mol. The smallest absolute Gasteiger partial charge is 0.408 e. The van der Waals surface area contributed by atoms with Crippen LogP contribution in [0.1, 0.15) is 42.5 Å². The molecule has 0 radical (unpaired) electrons. The van der Waals surface area contributed by atoms with E-state index >= 15 is 0 Å². The van der Waals surface area contributed by atoms with Gasteiger partial charge in [0.25, 0.3) is 6.43 Å². The molecule has 3 N–H and O–H groups in total. The Morgan fingerprint density at radius 2 is 1.92 bits per heavy atom. The van der Waals surface area contributed by atoms with E-state index in [2.05, 4.69) is 21.7 Å². The molecule has 3 rings (SSSR count). The number of carboxylic acids is 1. The Balaban J connectivity index is 0.00000481. The van der Waals surface area contributed by atoms with E-state index in [0.717, 1.165) is 49.3 Å². The molecule has 8 nitrogen and oxygen atoms in total. The van der Waals surface area contributed by atoms with Crippen molar-refractivity contribution in [1.29, 1.82) is 0 Å². The minimum atomic E-state index is -2.54. The van der Waals surface area contributed by atoms with Crippen molar-refractivity contribution >= 4 is 30.3 Å². The molecule has 1 aliphatic heterocycles. The van der Waals surface area contributed by atoms with Crippen LogP contribution < -0.4 is 10.6 Å². The van der Waals surface area contributed by atoms with E-state index in [4.69, 9.17) is 4.74 Å². The second-order valence-corrected chi connectivity index (χ2v) is 8.88. The predicted octanol–water partition coefficient (Wildman–Crippen LogP) is 4.52. The van der Waals surface area contributed by atoms with Crippen LogP contribution in [0.25, 0.3) is 0 Å². The molecule has 37 heavy (non-hydrogen) atoms. The number of alkyl carbamates (subject to hydrolysis) is 1. The van der Waals surface area contributed by atoms with Crippen LogP contribution in [0.2, 0.25) is 0 Å². The molecule has 0 fully saturated rings. The zero-order chi connectivity index (χ0) is 25.8. The van der Waals surface area contributed by atoms with Gasteiger partial charge in [0, 0.05) is 18.8 Å². The van der Waals surface area contributed by atoms with Gasteiger partial charge in [0.15, 0.2) is 0 Å². The number of unbranched alkanes of at least 4 members (excludes halogenated alkanes) is 1. The first-order chi connectivity index (χ1) is 17.4. The lowest BCUT2D eigenvalue weighted by Gasteiger charge is -2.24. The van der Waals surface area contributed by atoms with E-state index in [9.17, 15) is 23.5 Å². The molecule has 204 valence electrons. The van der Waals surface area contributed by atoms with Crippen molar-refractivity contribution in [2.75, 3.05) is 31.5 Å². The van der Waals surface area contributed by atoms with E-state index in [-0.39, 0.29) is 32.0 Å². The Morgan fingerprint density at radius 3 is 2.65 bits per heavy atom. The van der Waals surface area contributed by atoms with Gasteiger partial charge in [-0.2, -0.15) is 0 Å². The van der Waals surface area contributed by atoms with Crippen LogP contribution in [0.3, 0.4) is 0 Å². The highest BCUT2D eigenvalue weighted by atomic mass is 35.5. The first-order valence-corrected chi connectivity index (χ1v) is 12.3. The minimum Gasteiger partial charge on any atom is -0.480 e. The maximum absolute atomic E-state index is 13.1. The summed E-state index contributed by atoms with van der Waals surface area (Å²) in [5, 5.41) is 15.1. The fourth-order valence-electron chi connectivity index (χ4n) is 4.12. The lowest BCUT2D eigenvalue weighted by Crippen LogP contribution is -2.44. The number of hydrogen-bond donors (Lipinski definition) is 3. The number of ether oxygens (including phenoxy) is 1. The summed E-state index contributed by atoms with van der Waals surface area (Å²) in [6.45, 7) is 0.986. The molecule has 2 heterocycles. The Hall–Kier alpha value is -2.98. The lowest BCUT2D eigenvalue weighted by molar-refractivity contribution is -0.139. The Morgan fingerprint density at radius 1 is 1.14 bits per heavy atom. The van der Waals surface area contributed by atoms with Gasteiger partial charge in [0.1, 0.15) is 18.5 Å². The van der Waals surface area contributed by atoms with Crippen LogP contribution in [-0.4, -0.2) is 65.7 Å². The van der Waals surface area contributed by atoms with Crippen molar-refractivity contribution in [1.82, 2.24) is 15.2 Å². The van der Waals surface area contributed by atoms with Gasteiger partial charge in [0.2, 0.25) is 0 Å². The molecule has 0 aliphatic carbocycles. The van der Waals surface area contributed by atoms with E-state index < -0.39 is 31.1 Å². The number of aromatic nitrogens is 1. The fraction of sp³-hybridized carbons (Fsp3) is 0.500. The van der Waals surface area contributed by atoms with Gasteiger partial charge in [-0.25, -0.2) is 23.4 Å². The molecule has 1 aromatic heterocycles. The highest BCUT2D eigenvalue weighted by Crippen LogP contribution is 2.20. The number of nitrogens with one attached hydrogen (secondary N) is 2. The van der Waals surface area contributed by atoms with Crippen LogP contribution in [0, 0.1) is 0 Å². The Kier molecular flexibility index (Phi) is 13.1. The lowest BCUT2D eigenvalue weighted by atomic mass is 10.1. The van der Waals surface area contributed by atoms with E-state index in [1.807, 2.05) is 12.1 Å². The summed E-state index contributed by atoms with van der Waals surface area (Å²) in [6.07, 6.45) is 0.895. The third-order valence-corrected chi connectivity index (χ3v) is 6.04. The quantitative estimate of drug-likeness (QED) is 0.303. The molecule has 0 saturated heterocycles.